The standard InChI is InChI=1S/C12H22N2O3/c1-3-12(11(16)17)6-8-14(9-12)10(15)5-7-13-4-2/h13H,3-9H2,1-2H3,(H,16,17). The molecule has 1 saturated heterocycles. The minimum atomic E-state index is -0.776. The van der Waals surface area contributed by atoms with E-state index in [1.807, 2.05) is 13.8 Å². The summed E-state index contributed by atoms with van der Waals surface area (Å²) in [4.78, 5) is 24.8. The van der Waals surface area contributed by atoms with Gasteiger partial charge in [-0.25, -0.2) is 0 Å². The van der Waals surface area contributed by atoms with E-state index in [0.717, 1.165) is 6.54 Å². The molecule has 1 heterocycles. The van der Waals surface area contributed by atoms with Crippen molar-refractivity contribution in [3.05, 3.63) is 0 Å². The Morgan fingerprint density at radius 1 is 1.41 bits per heavy atom. The lowest BCUT2D eigenvalue weighted by atomic mass is 9.84. The second-order valence-corrected chi connectivity index (χ2v) is 4.61. The van der Waals surface area contributed by atoms with Crippen molar-refractivity contribution in [2.24, 2.45) is 5.41 Å². The molecule has 1 fully saturated rings. The zero-order valence-electron chi connectivity index (χ0n) is 10.7. The maximum atomic E-state index is 11.8. The quantitative estimate of drug-likeness (QED) is 0.673. The number of carboxylic acid groups (broad SMARTS) is 1. The van der Waals surface area contributed by atoms with Crippen LogP contribution in [-0.4, -0.2) is 48.1 Å². The number of nitrogens with zero attached hydrogens (tertiary/aromatic N) is 1. The van der Waals surface area contributed by atoms with Crippen molar-refractivity contribution >= 4 is 11.9 Å². The van der Waals surface area contributed by atoms with Crippen LogP contribution in [0.2, 0.25) is 0 Å². The minimum Gasteiger partial charge on any atom is -0.481 e. The largest absolute Gasteiger partial charge is 0.481 e. The first-order chi connectivity index (χ1) is 8.05. The van der Waals surface area contributed by atoms with E-state index in [4.69, 9.17) is 0 Å². The molecule has 5 nitrogen and oxygen atoms in total. The van der Waals surface area contributed by atoms with E-state index in [-0.39, 0.29) is 5.91 Å². The Hall–Kier alpha value is -1.10. The van der Waals surface area contributed by atoms with Crippen LogP contribution >= 0.6 is 0 Å². The molecule has 0 radical (unpaired) electrons. The molecule has 0 spiro atoms. The Morgan fingerprint density at radius 2 is 2.12 bits per heavy atom. The minimum absolute atomic E-state index is 0.0579. The molecule has 0 aromatic heterocycles. The summed E-state index contributed by atoms with van der Waals surface area (Å²) in [6.07, 6.45) is 1.61. The van der Waals surface area contributed by atoms with Crippen LogP contribution < -0.4 is 5.32 Å². The molecule has 1 aliphatic rings. The van der Waals surface area contributed by atoms with Crippen LogP contribution in [0.25, 0.3) is 0 Å². The number of carbonyl (C=O) groups excluding carboxylic acids is 1. The third kappa shape index (κ3) is 3.19. The zero-order chi connectivity index (χ0) is 12.9. The summed E-state index contributed by atoms with van der Waals surface area (Å²) in [5.74, 6) is -0.718. The van der Waals surface area contributed by atoms with Crippen LogP contribution in [0.5, 0.6) is 0 Å². The Balaban J connectivity index is 2.49. The Bertz CT molecular complexity index is 293. The van der Waals surface area contributed by atoms with Crippen molar-refractivity contribution in [1.82, 2.24) is 10.2 Å². The topological polar surface area (TPSA) is 69.6 Å². The highest BCUT2D eigenvalue weighted by Gasteiger charge is 2.44. The van der Waals surface area contributed by atoms with Gasteiger partial charge in [0.2, 0.25) is 5.91 Å². The number of hydrogen-bond donors (Lipinski definition) is 2. The van der Waals surface area contributed by atoms with Gasteiger partial charge in [0.1, 0.15) is 0 Å². The van der Waals surface area contributed by atoms with E-state index < -0.39 is 11.4 Å². The van der Waals surface area contributed by atoms with E-state index >= 15 is 0 Å². The number of likely N-dealkylation sites (tertiary alicyclic amines) is 1. The monoisotopic (exact) mass is 242 g/mol. The SMILES string of the molecule is CCNCCC(=O)N1CCC(CC)(C(=O)O)C1. The van der Waals surface area contributed by atoms with Gasteiger partial charge in [0.05, 0.1) is 5.41 Å². The van der Waals surface area contributed by atoms with Gasteiger partial charge in [-0.3, -0.25) is 9.59 Å². The number of rotatable bonds is 6. The lowest BCUT2D eigenvalue weighted by Gasteiger charge is -2.23. The van der Waals surface area contributed by atoms with Crippen molar-refractivity contribution in [3.63, 3.8) is 0 Å². The summed E-state index contributed by atoms with van der Waals surface area (Å²) in [7, 11) is 0. The Kier molecular flexibility index (Phi) is 4.93. The fraction of sp³-hybridized carbons (Fsp3) is 0.833. The Labute approximate surface area is 102 Å². The predicted molar refractivity (Wildman–Crippen MR) is 64.7 cm³/mol. The van der Waals surface area contributed by atoms with Crippen LogP contribution in [0.3, 0.4) is 0 Å². The van der Waals surface area contributed by atoms with Gasteiger partial charge in [-0.2, -0.15) is 0 Å². The summed E-state index contributed by atoms with van der Waals surface area (Å²) in [5, 5.41) is 12.3. The molecule has 0 saturated carbocycles. The molecule has 0 aromatic carbocycles. The fourth-order valence-corrected chi connectivity index (χ4v) is 2.23. The van der Waals surface area contributed by atoms with Crippen LogP contribution in [0.15, 0.2) is 0 Å². The van der Waals surface area contributed by atoms with Gasteiger partial charge in [0.15, 0.2) is 0 Å². The number of nitrogens with one attached hydrogen (secondary N) is 1. The second kappa shape index (κ2) is 6.00. The first-order valence-electron chi connectivity index (χ1n) is 6.27. The van der Waals surface area contributed by atoms with E-state index in [1.165, 1.54) is 0 Å². The summed E-state index contributed by atoms with van der Waals surface area (Å²) < 4.78 is 0. The average Bonchev–Trinajstić information content (AvgIpc) is 2.75. The van der Waals surface area contributed by atoms with Gasteiger partial charge in [-0.15, -0.1) is 0 Å². The highest BCUT2D eigenvalue weighted by molar-refractivity contribution is 5.80. The first kappa shape index (κ1) is 14.0. The maximum absolute atomic E-state index is 11.8. The van der Waals surface area contributed by atoms with Crippen LogP contribution in [0.1, 0.15) is 33.1 Å². The smallest absolute Gasteiger partial charge is 0.311 e. The highest BCUT2D eigenvalue weighted by Crippen LogP contribution is 2.34. The molecule has 5 heteroatoms. The van der Waals surface area contributed by atoms with Gasteiger partial charge >= 0.3 is 5.97 Å². The molecular weight excluding hydrogens is 220 g/mol. The van der Waals surface area contributed by atoms with E-state index in [2.05, 4.69) is 5.32 Å². The zero-order valence-corrected chi connectivity index (χ0v) is 10.7. The summed E-state index contributed by atoms with van der Waals surface area (Å²) >= 11 is 0. The van der Waals surface area contributed by atoms with Crippen molar-refractivity contribution in [1.29, 1.82) is 0 Å². The molecule has 98 valence electrons. The summed E-state index contributed by atoms with van der Waals surface area (Å²) in [6, 6.07) is 0. The number of aliphatic carboxylic acids is 1. The predicted octanol–water partition coefficient (Wildman–Crippen LogP) is 0.699. The van der Waals surface area contributed by atoms with Gasteiger partial charge in [-0.05, 0) is 19.4 Å². The fourth-order valence-electron chi connectivity index (χ4n) is 2.23. The number of hydrogen-bond acceptors (Lipinski definition) is 3. The Morgan fingerprint density at radius 3 is 2.59 bits per heavy atom. The third-order valence-corrected chi connectivity index (χ3v) is 3.60. The van der Waals surface area contributed by atoms with Gasteiger partial charge < -0.3 is 15.3 Å². The van der Waals surface area contributed by atoms with Gasteiger partial charge in [0.25, 0.3) is 0 Å². The molecule has 0 aliphatic carbocycles. The summed E-state index contributed by atoms with van der Waals surface area (Å²) in [6.45, 7) is 6.32. The van der Waals surface area contributed by atoms with Crippen molar-refractivity contribution in [2.75, 3.05) is 26.2 Å². The third-order valence-electron chi connectivity index (χ3n) is 3.60. The second-order valence-electron chi connectivity index (χ2n) is 4.61. The van der Waals surface area contributed by atoms with E-state index in [0.29, 0.717) is 38.9 Å². The molecule has 1 amide bonds. The van der Waals surface area contributed by atoms with Crippen LogP contribution in [0, 0.1) is 5.41 Å². The molecular formula is C12H22N2O3. The van der Waals surface area contributed by atoms with Gasteiger partial charge in [0, 0.05) is 26.1 Å². The number of carbonyl (C=O) groups is 2. The molecule has 17 heavy (non-hydrogen) atoms. The maximum Gasteiger partial charge on any atom is 0.311 e. The molecule has 1 aliphatic heterocycles. The van der Waals surface area contributed by atoms with Crippen molar-refractivity contribution < 1.29 is 14.7 Å². The molecule has 0 bridgehead atoms. The molecule has 1 rings (SSSR count). The van der Waals surface area contributed by atoms with Crippen molar-refractivity contribution in [2.45, 2.75) is 33.1 Å². The number of carboxylic acids is 1. The van der Waals surface area contributed by atoms with Gasteiger partial charge in [-0.1, -0.05) is 13.8 Å². The number of amides is 1. The molecule has 1 atom stereocenters. The normalized spacial score (nSPS) is 24.0. The highest BCUT2D eigenvalue weighted by atomic mass is 16.4. The lowest BCUT2D eigenvalue weighted by Crippen LogP contribution is -2.37. The van der Waals surface area contributed by atoms with Crippen molar-refractivity contribution in [3.8, 4) is 0 Å². The molecule has 2 N–H and O–H groups in total. The van der Waals surface area contributed by atoms with Crippen LogP contribution in [0.4, 0.5) is 0 Å². The molecule has 0 aromatic rings. The van der Waals surface area contributed by atoms with E-state index in [1.54, 1.807) is 4.90 Å². The van der Waals surface area contributed by atoms with Crippen LogP contribution in [-0.2, 0) is 9.59 Å². The lowest BCUT2D eigenvalue weighted by molar-refractivity contribution is -0.148. The summed E-state index contributed by atoms with van der Waals surface area (Å²) in [5.41, 5.74) is -0.714. The average molecular weight is 242 g/mol. The molecule has 1 unspecified atom stereocenters. The first-order valence-corrected chi connectivity index (χ1v) is 6.27. The van der Waals surface area contributed by atoms with E-state index in [9.17, 15) is 14.7 Å².